The molecule has 0 heterocycles. The molecule has 0 aliphatic rings. The van der Waals surface area contributed by atoms with E-state index in [9.17, 15) is 9.59 Å². The lowest BCUT2D eigenvalue weighted by atomic mass is 9.96. The van der Waals surface area contributed by atoms with Gasteiger partial charge < -0.3 is 9.47 Å². The first-order chi connectivity index (χ1) is 11.7. The lowest BCUT2D eigenvalue weighted by Gasteiger charge is -2.15. The highest BCUT2D eigenvalue weighted by Crippen LogP contribution is 2.27. The van der Waals surface area contributed by atoms with Gasteiger partial charge in [-0.25, -0.2) is 0 Å². The first-order valence-electron chi connectivity index (χ1n) is 8.13. The van der Waals surface area contributed by atoms with Crippen LogP contribution in [0.15, 0.2) is 48.5 Å². The molecule has 2 rings (SSSR count). The first-order valence-corrected chi connectivity index (χ1v) is 8.13. The molecule has 0 saturated carbocycles. The second kappa shape index (κ2) is 8.87. The molecular formula is C20H22O4. The quantitative estimate of drug-likeness (QED) is 0.713. The van der Waals surface area contributed by atoms with E-state index in [0.29, 0.717) is 12.8 Å². The minimum atomic E-state index is -0.255. The molecule has 0 aromatic heterocycles. The van der Waals surface area contributed by atoms with Crippen molar-refractivity contribution in [3.63, 3.8) is 0 Å². The van der Waals surface area contributed by atoms with E-state index in [1.807, 2.05) is 48.5 Å². The zero-order valence-corrected chi connectivity index (χ0v) is 14.1. The fourth-order valence-corrected chi connectivity index (χ4v) is 2.34. The molecule has 0 N–H and O–H groups in total. The van der Waals surface area contributed by atoms with Crippen LogP contribution < -0.4 is 0 Å². The second-order valence-corrected chi connectivity index (χ2v) is 5.34. The Labute approximate surface area is 142 Å². The number of rotatable bonds is 7. The molecule has 4 nitrogen and oxygen atoms in total. The summed E-state index contributed by atoms with van der Waals surface area (Å²) >= 11 is 0. The maximum absolute atomic E-state index is 11.5. The molecule has 4 heteroatoms. The third-order valence-electron chi connectivity index (χ3n) is 3.70. The van der Waals surface area contributed by atoms with Crippen LogP contribution in [0.1, 0.15) is 37.8 Å². The van der Waals surface area contributed by atoms with Crippen LogP contribution in [-0.4, -0.2) is 11.9 Å². The molecule has 0 spiro atoms. The van der Waals surface area contributed by atoms with E-state index < -0.39 is 0 Å². The van der Waals surface area contributed by atoms with Gasteiger partial charge in [0.2, 0.25) is 0 Å². The topological polar surface area (TPSA) is 52.6 Å². The highest BCUT2D eigenvalue weighted by atomic mass is 16.5. The average Bonchev–Trinajstić information content (AvgIpc) is 2.64. The van der Waals surface area contributed by atoms with E-state index in [2.05, 4.69) is 0 Å². The van der Waals surface area contributed by atoms with E-state index in [-0.39, 0.29) is 25.2 Å². The van der Waals surface area contributed by atoms with Crippen LogP contribution in [0.25, 0.3) is 11.1 Å². The fourth-order valence-electron chi connectivity index (χ4n) is 2.34. The van der Waals surface area contributed by atoms with Gasteiger partial charge in [0.1, 0.15) is 13.2 Å². The minimum absolute atomic E-state index is 0.163. The summed E-state index contributed by atoms with van der Waals surface area (Å²) in [5, 5.41) is 0. The Morgan fingerprint density at radius 2 is 1.42 bits per heavy atom. The smallest absolute Gasteiger partial charge is 0.305 e. The summed E-state index contributed by atoms with van der Waals surface area (Å²) in [6.07, 6.45) is 0.659. The summed E-state index contributed by atoms with van der Waals surface area (Å²) in [5.74, 6) is -0.508. The molecule has 0 amide bonds. The van der Waals surface area contributed by atoms with Gasteiger partial charge in [0.25, 0.3) is 0 Å². The van der Waals surface area contributed by atoms with Gasteiger partial charge in [-0.05, 0) is 16.7 Å². The Morgan fingerprint density at radius 3 is 2.04 bits per heavy atom. The lowest BCUT2D eigenvalue weighted by Crippen LogP contribution is -2.09. The predicted octanol–water partition coefficient (Wildman–Crippen LogP) is 4.26. The summed E-state index contributed by atoms with van der Waals surface area (Å²) in [6.45, 7) is 3.85. The van der Waals surface area contributed by atoms with E-state index in [0.717, 1.165) is 22.3 Å². The molecule has 0 saturated heterocycles. The summed E-state index contributed by atoms with van der Waals surface area (Å²) in [7, 11) is 0. The monoisotopic (exact) mass is 326 g/mol. The van der Waals surface area contributed by atoms with E-state index >= 15 is 0 Å². The molecular weight excluding hydrogens is 304 g/mol. The van der Waals surface area contributed by atoms with Crippen LogP contribution in [0.5, 0.6) is 0 Å². The molecule has 0 bridgehead atoms. The average molecular weight is 326 g/mol. The van der Waals surface area contributed by atoms with Crippen molar-refractivity contribution in [2.75, 3.05) is 0 Å². The number of hydrogen-bond acceptors (Lipinski definition) is 4. The molecule has 126 valence electrons. The van der Waals surface area contributed by atoms with Crippen molar-refractivity contribution >= 4 is 11.9 Å². The zero-order valence-electron chi connectivity index (χ0n) is 14.1. The third kappa shape index (κ3) is 4.69. The third-order valence-corrected chi connectivity index (χ3v) is 3.70. The Kier molecular flexibility index (Phi) is 6.55. The summed E-state index contributed by atoms with van der Waals surface area (Å²) in [6, 6.07) is 15.7. The largest absolute Gasteiger partial charge is 0.461 e. The standard InChI is InChI=1S/C20H22O4/c1-3-19(21)23-13-16-11-8-12-17(15-9-6-5-7-10-15)18(16)14-24-20(22)4-2/h5-12H,3-4,13-14H2,1-2H3. The number of carbonyl (C=O) groups is 2. The number of carbonyl (C=O) groups excluding carboxylic acids is 2. The second-order valence-electron chi connectivity index (χ2n) is 5.34. The van der Waals surface area contributed by atoms with Gasteiger partial charge in [-0.2, -0.15) is 0 Å². The van der Waals surface area contributed by atoms with Gasteiger partial charge >= 0.3 is 11.9 Å². The lowest BCUT2D eigenvalue weighted by molar-refractivity contribution is -0.146. The van der Waals surface area contributed by atoms with Crippen LogP contribution in [0.4, 0.5) is 0 Å². The van der Waals surface area contributed by atoms with Gasteiger partial charge in [-0.1, -0.05) is 62.4 Å². The molecule has 24 heavy (non-hydrogen) atoms. The Balaban J connectivity index is 2.34. The molecule has 0 radical (unpaired) electrons. The zero-order chi connectivity index (χ0) is 17.4. The van der Waals surface area contributed by atoms with Gasteiger partial charge in [-0.3, -0.25) is 9.59 Å². The molecule has 0 aliphatic heterocycles. The van der Waals surface area contributed by atoms with Crippen molar-refractivity contribution in [2.45, 2.75) is 39.9 Å². The number of hydrogen-bond donors (Lipinski definition) is 0. The van der Waals surface area contributed by atoms with Crippen LogP contribution in [0.3, 0.4) is 0 Å². The van der Waals surface area contributed by atoms with E-state index in [1.54, 1.807) is 13.8 Å². The molecule has 0 fully saturated rings. The Bertz CT molecular complexity index is 692. The van der Waals surface area contributed by atoms with Gasteiger partial charge in [0.05, 0.1) is 0 Å². The Morgan fingerprint density at radius 1 is 0.792 bits per heavy atom. The van der Waals surface area contributed by atoms with Gasteiger partial charge in [0.15, 0.2) is 0 Å². The van der Waals surface area contributed by atoms with Gasteiger partial charge in [0, 0.05) is 18.4 Å². The van der Waals surface area contributed by atoms with E-state index in [1.165, 1.54) is 0 Å². The van der Waals surface area contributed by atoms with Gasteiger partial charge in [-0.15, -0.1) is 0 Å². The Hall–Kier alpha value is -2.62. The SMILES string of the molecule is CCC(=O)OCc1cccc(-c2ccccc2)c1COC(=O)CC. The van der Waals surface area contributed by atoms with Crippen LogP contribution in [0.2, 0.25) is 0 Å². The van der Waals surface area contributed by atoms with Crippen molar-refractivity contribution in [3.8, 4) is 11.1 Å². The first kappa shape index (κ1) is 17.7. The normalized spacial score (nSPS) is 10.2. The highest BCUT2D eigenvalue weighted by molar-refractivity contribution is 5.72. The van der Waals surface area contributed by atoms with Crippen molar-refractivity contribution < 1.29 is 19.1 Å². The fraction of sp³-hybridized carbons (Fsp3) is 0.300. The number of ether oxygens (including phenoxy) is 2. The molecule has 0 atom stereocenters. The summed E-state index contributed by atoms with van der Waals surface area (Å²) in [4.78, 5) is 23.0. The van der Waals surface area contributed by atoms with Crippen molar-refractivity contribution in [1.82, 2.24) is 0 Å². The van der Waals surface area contributed by atoms with Crippen LogP contribution in [-0.2, 0) is 32.3 Å². The maximum atomic E-state index is 11.5. The van der Waals surface area contributed by atoms with Crippen LogP contribution >= 0.6 is 0 Å². The maximum Gasteiger partial charge on any atom is 0.305 e. The molecule has 0 unspecified atom stereocenters. The molecule has 0 aliphatic carbocycles. The summed E-state index contributed by atoms with van der Waals surface area (Å²) in [5.41, 5.74) is 3.73. The van der Waals surface area contributed by atoms with Crippen molar-refractivity contribution in [2.24, 2.45) is 0 Å². The van der Waals surface area contributed by atoms with Crippen molar-refractivity contribution in [3.05, 3.63) is 59.7 Å². The predicted molar refractivity (Wildman–Crippen MR) is 92.1 cm³/mol. The van der Waals surface area contributed by atoms with E-state index in [4.69, 9.17) is 9.47 Å². The number of benzene rings is 2. The molecule has 2 aromatic rings. The number of esters is 2. The summed E-state index contributed by atoms with van der Waals surface area (Å²) < 4.78 is 10.6. The van der Waals surface area contributed by atoms with Crippen molar-refractivity contribution in [1.29, 1.82) is 0 Å². The highest BCUT2D eigenvalue weighted by Gasteiger charge is 2.13. The molecule has 2 aromatic carbocycles. The minimum Gasteiger partial charge on any atom is -0.461 e. The van der Waals surface area contributed by atoms with Crippen LogP contribution in [0, 0.1) is 0 Å².